The Morgan fingerprint density at radius 1 is 1.05 bits per heavy atom. The number of amides is 1. The molecule has 4 nitrogen and oxygen atoms in total. The Labute approximate surface area is 122 Å². The van der Waals surface area contributed by atoms with Crippen molar-refractivity contribution < 1.29 is 4.79 Å². The third kappa shape index (κ3) is 3.01. The molecule has 20 heavy (non-hydrogen) atoms. The second kappa shape index (κ2) is 6.44. The maximum atomic E-state index is 12.8. The van der Waals surface area contributed by atoms with Crippen molar-refractivity contribution >= 4 is 5.91 Å². The van der Waals surface area contributed by atoms with Crippen molar-refractivity contribution in [3.05, 3.63) is 0 Å². The molecule has 2 aliphatic heterocycles. The molecule has 0 aromatic carbocycles. The number of rotatable bonds is 2. The Kier molecular flexibility index (Phi) is 4.61. The van der Waals surface area contributed by atoms with Gasteiger partial charge in [-0.05, 0) is 38.1 Å². The summed E-state index contributed by atoms with van der Waals surface area (Å²) in [7, 11) is 0. The van der Waals surface area contributed by atoms with Crippen LogP contribution in [0.2, 0.25) is 0 Å². The van der Waals surface area contributed by atoms with Gasteiger partial charge in [0, 0.05) is 32.2 Å². The van der Waals surface area contributed by atoms with Gasteiger partial charge in [0.1, 0.15) is 0 Å². The van der Waals surface area contributed by atoms with Crippen molar-refractivity contribution in [2.45, 2.75) is 57.5 Å². The van der Waals surface area contributed by atoms with Gasteiger partial charge in [0.2, 0.25) is 5.91 Å². The molecule has 1 aliphatic carbocycles. The molecular formula is C16H29N3O. The van der Waals surface area contributed by atoms with E-state index in [9.17, 15) is 4.79 Å². The summed E-state index contributed by atoms with van der Waals surface area (Å²) < 4.78 is 0. The number of likely N-dealkylation sites (tertiary alicyclic amines) is 1. The minimum Gasteiger partial charge on any atom is -0.339 e. The van der Waals surface area contributed by atoms with Gasteiger partial charge in [0.25, 0.3) is 0 Å². The van der Waals surface area contributed by atoms with E-state index in [1.54, 1.807) is 0 Å². The molecule has 1 saturated carbocycles. The molecule has 0 bridgehead atoms. The van der Waals surface area contributed by atoms with Crippen LogP contribution in [-0.2, 0) is 4.79 Å². The number of nitrogens with zero attached hydrogens (tertiary/aromatic N) is 2. The molecule has 3 atom stereocenters. The van der Waals surface area contributed by atoms with Gasteiger partial charge in [0.05, 0.1) is 6.04 Å². The molecule has 0 aromatic heterocycles. The maximum Gasteiger partial charge on any atom is 0.240 e. The molecule has 2 heterocycles. The second-order valence-electron chi connectivity index (χ2n) is 6.90. The molecule has 3 aliphatic rings. The van der Waals surface area contributed by atoms with Crippen molar-refractivity contribution in [1.29, 1.82) is 0 Å². The SMILES string of the molecule is CC1CCCC(N2CCCC2C(=O)N2CCNCC2)C1. The smallest absolute Gasteiger partial charge is 0.240 e. The van der Waals surface area contributed by atoms with Crippen LogP contribution in [0.4, 0.5) is 0 Å². The molecule has 3 rings (SSSR count). The minimum atomic E-state index is 0.184. The maximum absolute atomic E-state index is 12.8. The zero-order valence-electron chi connectivity index (χ0n) is 12.8. The molecule has 0 radical (unpaired) electrons. The quantitative estimate of drug-likeness (QED) is 0.831. The average molecular weight is 279 g/mol. The topological polar surface area (TPSA) is 35.6 Å². The van der Waals surface area contributed by atoms with Gasteiger partial charge in [0.15, 0.2) is 0 Å². The third-order valence-electron chi connectivity index (χ3n) is 5.39. The predicted molar refractivity (Wildman–Crippen MR) is 80.6 cm³/mol. The largest absolute Gasteiger partial charge is 0.339 e. The van der Waals surface area contributed by atoms with Crippen LogP contribution >= 0.6 is 0 Å². The molecule has 114 valence electrons. The number of hydrogen-bond acceptors (Lipinski definition) is 3. The summed E-state index contributed by atoms with van der Waals surface area (Å²) in [5, 5.41) is 3.33. The van der Waals surface area contributed by atoms with Crippen LogP contribution in [0.3, 0.4) is 0 Å². The highest BCUT2D eigenvalue weighted by Gasteiger charge is 2.38. The molecule has 1 amide bonds. The number of carbonyl (C=O) groups excluding carboxylic acids is 1. The van der Waals surface area contributed by atoms with Crippen LogP contribution in [0.25, 0.3) is 0 Å². The van der Waals surface area contributed by atoms with Gasteiger partial charge >= 0.3 is 0 Å². The number of carbonyl (C=O) groups is 1. The Hall–Kier alpha value is -0.610. The van der Waals surface area contributed by atoms with E-state index in [0.29, 0.717) is 11.9 Å². The summed E-state index contributed by atoms with van der Waals surface area (Å²) in [4.78, 5) is 17.4. The highest BCUT2D eigenvalue weighted by atomic mass is 16.2. The van der Waals surface area contributed by atoms with Crippen molar-refractivity contribution in [1.82, 2.24) is 15.1 Å². The summed E-state index contributed by atoms with van der Waals surface area (Å²) in [6.45, 7) is 7.21. The number of nitrogens with one attached hydrogen (secondary N) is 1. The summed E-state index contributed by atoms with van der Waals surface area (Å²) in [6.07, 6.45) is 7.60. The Morgan fingerprint density at radius 2 is 1.85 bits per heavy atom. The molecule has 3 unspecified atom stereocenters. The van der Waals surface area contributed by atoms with E-state index in [2.05, 4.69) is 22.0 Å². The average Bonchev–Trinajstić information content (AvgIpc) is 2.97. The summed E-state index contributed by atoms with van der Waals surface area (Å²) in [5.74, 6) is 1.24. The normalized spacial score (nSPS) is 36.2. The molecule has 4 heteroatoms. The molecule has 1 N–H and O–H groups in total. The lowest BCUT2D eigenvalue weighted by atomic mass is 9.86. The van der Waals surface area contributed by atoms with Gasteiger partial charge < -0.3 is 10.2 Å². The minimum absolute atomic E-state index is 0.184. The first kappa shape index (κ1) is 14.3. The molecule has 3 fully saturated rings. The van der Waals surface area contributed by atoms with Crippen molar-refractivity contribution in [2.75, 3.05) is 32.7 Å². The fraction of sp³-hybridized carbons (Fsp3) is 0.938. The third-order valence-corrected chi connectivity index (χ3v) is 5.39. The summed E-state index contributed by atoms with van der Waals surface area (Å²) >= 11 is 0. The van der Waals surface area contributed by atoms with E-state index in [-0.39, 0.29) is 6.04 Å². The van der Waals surface area contributed by atoms with E-state index in [1.807, 2.05) is 0 Å². The second-order valence-corrected chi connectivity index (χ2v) is 6.90. The van der Waals surface area contributed by atoms with E-state index in [4.69, 9.17) is 0 Å². The zero-order chi connectivity index (χ0) is 13.9. The Balaban J connectivity index is 1.63. The molecule has 2 saturated heterocycles. The first-order chi connectivity index (χ1) is 9.75. The molecular weight excluding hydrogens is 250 g/mol. The van der Waals surface area contributed by atoms with E-state index in [1.165, 1.54) is 32.1 Å². The van der Waals surface area contributed by atoms with E-state index < -0.39 is 0 Å². The fourth-order valence-corrected chi connectivity index (χ4v) is 4.29. The zero-order valence-corrected chi connectivity index (χ0v) is 12.8. The van der Waals surface area contributed by atoms with Crippen molar-refractivity contribution in [2.24, 2.45) is 5.92 Å². The monoisotopic (exact) mass is 279 g/mol. The lowest BCUT2D eigenvalue weighted by molar-refractivity contribution is -0.137. The van der Waals surface area contributed by atoms with E-state index in [0.717, 1.165) is 45.1 Å². The molecule has 0 aromatic rings. The van der Waals surface area contributed by atoms with E-state index >= 15 is 0 Å². The van der Waals surface area contributed by atoms with Crippen LogP contribution in [-0.4, -0.2) is 60.5 Å². The van der Waals surface area contributed by atoms with Gasteiger partial charge in [-0.15, -0.1) is 0 Å². The lowest BCUT2D eigenvalue weighted by Gasteiger charge is -2.39. The van der Waals surface area contributed by atoms with Crippen molar-refractivity contribution in [3.63, 3.8) is 0 Å². The highest BCUT2D eigenvalue weighted by Crippen LogP contribution is 2.32. The van der Waals surface area contributed by atoms with Gasteiger partial charge in [-0.2, -0.15) is 0 Å². The van der Waals surface area contributed by atoms with Gasteiger partial charge in [-0.3, -0.25) is 9.69 Å². The lowest BCUT2D eigenvalue weighted by Crippen LogP contribution is -2.54. The summed E-state index contributed by atoms with van der Waals surface area (Å²) in [6, 6.07) is 0.849. The highest BCUT2D eigenvalue weighted by molar-refractivity contribution is 5.82. The number of piperazine rings is 1. The van der Waals surface area contributed by atoms with Gasteiger partial charge in [-0.1, -0.05) is 19.8 Å². The first-order valence-electron chi connectivity index (χ1n) is 8.51. The van der Waals surface area contributed by atoms with Crippen LogP contribution in [0.1, 0.15) is 45.4 Å². The molecule has 0 spiro atoms. The van der Waals surface area contributed by atoms with Crippen LogP contribution in [0, 0.1) is 5.92 Å². The van der Waals surface area contributed by atoms with Crippen LogP contribution in [0.15, 0.2) is 0 Å². The van der Waals surface area contributed by atoms with Crippen LogP contribution < -0.4 is 5.32 Å². The Morgan fingerprint density at radius 3 is 2.60 bits per heavy atom. The van der Waals surface area contributed by atoms with Gasteiger partial charge in [-0.25, -0.2) is 0 Å². The fourth-order valence-electron chi connectivity index (χ4n) is 4.29. The van der Waals surface area contributed by atoms with Crippen LogP contribution in [0.5, 0.6) is 0 Å². The summed E-state index contributed by atoms with van der Waals surface area (Å²) in [5.41, 5.74) is 0. The number of hydrogen-bond donors (Lipinski definition) is 1. The standard InChI is InChI=1S/C16H29N3O/c1-13-4-2-5-14(12-13)19-9-3-6-15(19)16(20)18-10-7-17-8-11-18/h13-15,17H,2-12H2,1H3. The van der Waals surface area contributed by atoms with Crippen molar-refractivity contribution in [3.8, 4) is 0 Å². The first-order valence-corrected chi connectivity index (χ1v) is 8.51. The Bertz CT molecular complexity index is 341. The predicted octanol–water partition coefficient (Wildman–Crippen LogP) is 1.46.